The van der Waals surface area contributed by atoms with E-state index in [1.54, 1.807) is 22.0 Å². The molecule has 2 bridgehead atoms. The summed E-state index contributed by atoms with van der Waals surface area (Å²) in [5, 5.41) is 13.8. The van der Waals surface area contributed by atoms with Crippen molar-refractivity contribution in [2.45, 2.75) is 128 Å². The van der Waals surface area contributed by atoms with E-state index in [-0.39, 0.29) is 55.2 Å². The van der Waals surface area contributed by atoms with Crippen LogP contribution in [-0.4, -0.2) is 101 Å². The quantitative estimate of drug-likeness (QED) is 0.143. The smallest absolute Gasteiger partial charge is 0.313 e. The minimum atomic E-state index is -1.29. The zero-order valence-corrected chi connectivity index (χ0v) is 33.1. The van der Waals surface area contributed by atoms with Gasteiger partial charge >= 0.3 is 5.97 Å². The van der Waals surface area contributed by atoms with Crippen molar-refractivity contribution in [1.29, 1.82) is 0 Å². The lowest BCUT2D eigenvalue weighted by Crippen LogP contribution is -2.62. The second-order valence-corrected chi connectivity index (χ2v) is 17.3. The highest BCUT2D eigenvalue weighted by Gasteiger charge is 2.76. The molecule has 0 radical (unpaired) electrons. The number of rotatable bonds is 19. The van der Waals surface area contributed by atoms with Crippen LogP contribution in [0.5, 0.6) is 0 Å². The summed E-state index contributed by atoms with van der Waals surface area (Å²) < 4.78 is 18.6. The number of esters is 1. The average Bonchev–Trinajstić information content (AvgIpc) is 3.73. The third-order valence-electron chi connectivity index (χ3n) is 10.9. The Hall–Kier alpha value is -3.54. The molecule has 294 valence electrons. The van der Waals surface area contributed by atoms with Crippen LogP contribution in [-0.2, 0) is 33.4 Å². The van der Waals surface area contributed by atoms with E-state index in [2.05, 4.69) is 39.2 Å². The zero-order chi connectivity index (χ0) is 39.3. The summed E-state index contributed by atoms with van der Waals surface area (Å²) in [6.45, 7) is 22.1. The topological polar surface area (TPSA) is 135 Å². The number of allylic oxidation sites excluding steroid dienone is 1. The van der Waals surface area contributed by atoms with Crippen molar-refractivity contribution in [2.24, 2.45) is 23.2 Å². The van der Waals surface area contributed by atoms with E-state index in [1.165, 1.54) is 7.11 Å². The molecule has 0 saturated carbocycles. The van der Waals surface area contributed by atoms with Gasteiger partial charge in [-0.25, -0.2) is 0 Å². The van der Waals surface area contributed by atoms with Crippen LogP contribution in [0.25, 0.3) is 0 Å². The molecule has 8 atom stereocenters. The van der Waals surface area contributed by atoms with Crippen molar-refractivity contribution >= 4 is 23.7 Å². The summed E-state index contributed by atoms with van der Waals surface area (Å²) in [4.78, 5) is 61.0. The molecule has 3 amide bonds. The lowest BCUT2D eigenvalue weighted by atomic mass is 9.70. The first kappa shape index (κ1) is 42.2. The Morgan fingerprint density at radius 1 is 1.13 bits per heavy atom. The Labute approximate surface area is 316 Å². The first-order valence-electron chi connectivity index (χ1n) is 19.1. The molecule has 0 aromatic heterocycles. The Balaban J connectivity index is 1.78. The van der Waals surface area contributed by atoms with E-state index in [0.717, 1.165) is 0 Å². The van der Waals surface area contributed by atoms with Gasteiger partial charge in [0, 0.05) is 25.6 Å². The van der Waals surface area contributed by atoms with Crippen molar-refractivity contribution < 1.29 is 38.5 Å². The monoisotopic (exact) mass is 737 g/mol. The SMILES string of the molecule is C=CCCC(=O)N[C@@H](COC)[C@@H](OC(=O)[C@@H]1[C@H]2C(=O)N([C@@H](CO)CC(C)C)[C@H](C(=O)N(CC=C)C(C)(C)CC(C)(C)C)[C@]23CC[C@H]1O3)c1ccccc1. The maximum Gasteiger partial charge on any atom is 0.313 e. The van der Waals surface area contributed by atoms with Gasteiger partial charge in [-0.3, -0.25) is 19.2 Å². The number of aliphatic hydroxyl groups excluding tert-OH is 1. The first-order chi connectivity index (χ1) is 25.0. The number of fused-ring (bicyclic) bond motifs is 1. The maximum atomic E-state index is 15.2. The van der Waals surface area contributed by atoms with Crippen LogP contribution in [0, 0.1) is 23.2 Å². The highest BCUT2D eigenvalue weighted by molar-refractivity contribution is 5.98. The van der Waals surface area contributed by atoms with Gasteiger partial charge < -0.3 is 34.4 Å². The van der Waals surface area contributed by atoms with Gasteiger partial charge in [-0.05, 0) is 62.8 Å². The van der Waals surface area contributed by atoms with Crippen LogP contribution >= 0.6 is 0 Å². The molecule has 0 aliphatic carbocycles. The lowest BCUT2D eigenvalue weighted by molar-refractivity contribution is -0.164. The molecule has 3 aliphatic rings. The maximum absolute atomic E-state index is 15.2. The third-order valence-corrected chi connectivity index (χ3v) is 10.9. The number of hydrogen-bond donors (Lipinski definition) is 2. The van der Waals surface area contributed by atoms with Gasteiger partial charge in [0.15, 0.2) is 0 Å². The number of carbonyl (C=O) groups is 4. The number of likely N-dealkylation sites (tertiary alicyclic amines) is 1. The van der Waals surface area contributed by atoms with Crippen molar-refractivity contribution in [3.63, 3.8) is 0 Å². The normalized spacial score (nSPS) is 25.5. The van der Waals surface area contributed by atoms with E-state index in [1.807, 2.05) is 58.0 Å². The van der Waals surface area contributed by atoms with E-state index in [9.17, 15) is 19.5 Å². The molecular weight excluding hydrogens is 674 g/mol. The predicted octanol–water partition coefficient (Wildman–Crippen LogP) is 5.38. The van der Waals surface area contributed by atoms with E-state index in [4.69, 9.17) is 14.2 Å². The van der Waals surface area contributed by atoms with Crippen LogP contribution in [0.3, 0.4) is 0 Å². The second-order valence-electron chi connectivity index (χ2n) is 17.3. The van der Waals surface area contributed by atoms with E-state index >= 15 is 4.79 Å². The molecule has 3 heterocycles. The Morgan fingerprint density at radius 3 is 2.38 bits per heavy atom. The van der Waals surface area contributed by atoms with Crippen LogP contribution < -0.4 is 5.32 Å². The van der Waals surface area contributed by atoms with Crippen molar-refractivity contribution in [3.05, 3.63) is 61.2 Å². The van der Waals surface area contributed by atoms with Crippen LogP contribution in [0.15, 0.2) is 55.6 Å². The highest BCUT2D eigenvalue weighted by Crippen LogP contribution is 2.60. The van der Waals surface area contributed by atoms with E-state index in [0.29, 0.717) is 37.7 Å². The summed E-state index contributed by atoms with van der Waals surface area (Å²) in [5.74, 6) is -3.44. The molecule has 1 spiro atoms. The summed E-state index contributed by atoms with van der Waals surface area (Å²) in [6, 6.07) is 6.67. The number of aliphatic hydroxyl groups is 1. The number of hydrogen-bond acceptors (Lipinski definition) is 8. The van der Waals surface area contributed by atoms with Gasteiger partial charge in [0.1, 0.15) is 17.7 Å². The molecule has 2 N–H and O–H groups in total. The number of amides is 3. The number of nitrogens with zero attached hydrogens (tertiary/aromatic N) is 2. The Morgan fingerprint density at radius 2 is 1.81 bits per heavy atom. The summed E-state index contributed by atoms with van der Waals surface area (Å²) >= 11 is 0. The fourth-order valence-corrected chi connectivity index (χ4v) is 9.28. The van der Waals surface area contributed by atoms with Crippen LogP contribution in [0.4, 0.5) is 0 Å². The van der Waals surface area contributed by atoms with Gasteiger partial charge in [-0.15, -0.1) is 13.2 Å². The highest BCUT2D eigenvalue weighted by atomic mass is 16.6. The molecule has 0 unspecified atom stereocenters. The molecule has 3 saturated heterocycles. The lowest BCUT2D eigenvalue weighted by Gasteiger charge is -2.46. The number of nitrogens with one attached hydrogen (secondary N) is 1. The van der Waals surface area contributed by atoms with Crippen molar-refractivity contribution in [1.82, 2.24) is 15.1 Å². The minimum Gasteiger partial charge on any atom is -0.455 e. The molecule has 53 heavy (non-hydrogen) atoms. The zero-order valence-electron chi connectivity index (χ0n) is 33.1. The molecule has 4 rings (SSSR count). The predicted molar refractivity (Wildman–Crippen MR) is 203 cm³/mol. The van der Waals surface area contributed by atoms with Gasteiger partial charge in [0.2, 0.25) is 17.7 Å². The number of methoxy groups -OCH3 is 1. The summed E-state index contributed by atoms with van der Waals surface area (Å²) in [5.41, 5.74) is -1.38. The largest absolute Gasteiger partial charge is 0.455 e. The average molecular weight is 738 g/mol. The molecule has 11 nitrogen and oxygen atoms in total. The third kappa shape index (κ3) is 9.06. The number of benzene rings is 1. The second kappa shape index (κ2) is 17.3. The van der Waals surface area contributed by atoms with Gasteiger partial charge in [0.25, 0.3) is 0 Å². The molecular formula is C42H63N3O8. The van der Waals surface area contributed by atoms with Crippen LogP contribution in [0.1, 0.15) is 98.7 Å². The Kier molecular flexibility index (Phi) is 13.8. The Bertz CT molecular complexity index is 1470. The molecule has 11 heteroatoms. The van der Waals surface area contributed by atoms with E-state index < -0.39 is 59.3 Å². The molecule has 3 aliphatic heterocycles. The number of carbonyl (C=O) groups excluding carboxylic acids is 4. The summed E-state index contributed by atoms with van der Waals surface area (Å²) in [6.07, 6.45) is 4.45. The van der Waals surface area contributed by atoms with Crippen LogP contribution in [0.2, 0.25) is 0 Å². The standard InChI is InChI=1S/C42H63N3O8/c1-11-13-19-32(47)43-30(25-51-10)35(28-17-15-14-16-18-28)52-39(50)33-31-20-21-42(53-31)34(33)37(48)45(29(24-46)23-27(3)4)36(42)38(49)44(22-12-2)41(8,9)26-40(5,6)7/h11-12,14-18,27,29-31,33-36,46H,1-2,13,19-26H2,3-10H3,(H,43,47)/t29-,30+,31-,33+,34+,35+,36-,42+/m1/s1. The van der Waals surface area contributed by atoms with Gasteiger partial charge in [0.05, 0.1) is 43.2 Å². The minimum absolute atomic E-state index is 0.0603. The number of ether oxygens (including phenoxy) is 3. The van der Waals surface area contributed by atoms with Crippen molar-refractivity contribution in [3.8, 4) is 0 Å². The first-order valence-corrected chi connectivity index (χ1v) is 19.1. The van der Waals surface area contributed by atoms with Gasteiger partial charge in [-0.1, -0.05) is 77.1 Å². The van der Waals surface area contributed by atoms with Crippen molar-refractivity contribution in [2.75, 3.05) is 26.9 Å². The fraction of sp³-hybridized carbons (Fsp3) is 0.667. The van der Waals surface area contributed by atoms with Gasteiger partial charge in [-0.2, -0.15) is 0 Å². The molecule has 1 aromatic rings. The summed E-state index contributed by atoms with van der Waals surface area (Å²) in [7, 11) is 1.51. The fourth-order valence-electron chi connectivity index (χ4n) is 9.28. The molecule has 3 fully saturated rings. The molecule has 1 aromatic carbocycles.